The number of nitrogen functional groups attached to an aromatic ring is 1. The number of hydrogen-bond acceptors (Lipinski definition) is 2. The molecule has 0 amide bonds. The highest BCUT2D eigenvalue weighted by Gasteiger charge is 2.18. The molecule has 14 heavy (non-hydrogen) atoms. The molecule has 0 aliphatic heterocycles. The molecule has 0 saturated heterocycles. The summed E-state index contributed by atoms with van der Waals surface area (Å²) < 4.78 is 2.29. The molecule has 0 saturated carbocycles. The molecule has 2 aromatic rings. The minimum Gasteiger partial charge on any atom is -0.399 e. The molecule has 1 aromatic heterocycles. The van der Waals surface area contributed by atoms with E-state index in [0.717, 1.165) is 11.2 Å². The summed E-state index contributed by atoms with van der Waals surface area (Å²) in [6, 6.07) is 5.91. The molecule has 0 radical (unpaired) electrons. The maximum Gasteiger partial charge on any atom is 0.154 e. The van der Waals surface area contributed by atoms with Gasteiger partial charge in [0.05, 0.1) is 17.4 Å². The van der Waals surface area contributed by atoms with E-state index in [4.69, 9.17) is 5.73 Å². The van der Waals surface area contributed by atoms with Gasteiger partial charge in [-0.15, -0.1) is 0 Å². The van der Waals surface area contributed by atoms with Crippen LogP contribution in [0.2, 0.25) is 19.6 Å². The van der Waals surface area contributed by atoms with Gasteiger partial charge in [-0.3, -0.25) is 0 Å². The first-order chi connectivity index (χ1) is 6.48. The van der Waals surface area contributed by atoms with Crippen LogP contribution in [0.4, 0.5) is 5.69 Å². The SMILES string of the molecule is C[Si](C)(C)n1cnc2cc(N)ccc21. The first-order valence-electron chi connectivity index (χ1n) is 4.71. The third kappa shape index (κ3) is 1.41. The smallest absolute Gasteiger partial charge is 0.154 e. The summed E-state index contributed by atoms with van der Waals surface area (Å²) >= 11 is 0. The number of fused-ring (bicyclic) bond motifs is 1. The lowest BCUT2D eigenvalue weighted by atomic mass is 10.3. The highest BCUT2D eigenvalue weighted by Crippen LogP contribution is 2.19. The lowest BCUT2D eigenvalue weighted by Crippen LogP contribution is -2.30. The molecule has 0 aliphatic carbocycles. The summed E-state index contributed by atoms with van der Waals surface area (Å²) in [4.78, 5) is 4.36. The van der Waals surface area contributed by atoms with Gasteiger partial charge in [0.15, 0.2) is 8.24 Å². The zero-order valence-corrected chi connectivity index (χ0v) is 9.78. The number of nitrogens with zero attached hydrogens (tertiary/aromatic N) is 2. The molecule has 2 rings (SSSR count). The minimum absolute atomic E-state index is 0.776. The molecule has 0 spiro atoms. The van der Waals surface area contributed by atoms with Crippen LogP contribution in [0.3, 0.4) is 0 Å². The Balaban J connectivity index is 2.70. The average molecular weight is 205 g/mol. The third-order valence-electron chi connectivity index (χ3n) is 2.29. The van der Waals surface area contributed by atoms with E-state index < -0.39 is 8.24 Å². The Kier molecular flexibility index (Phi) is 1.89. The Bertz CT molecular complexity index is 468. The van der Waals surface area contributed by atoms with E-state index in [-0.39, 0.29) is 0 Å². The lowest BCUT2D eigenvalue weighted by Gasteiger charge is -2.18. The first kappa shape index (κ1) is 9.27. The van der Waals surface area contributed by atoms with Crippen LogP contribution in [0.15, 0.2) is 24.5 Å². The fourth-order valence-electron chi connectivity index (χ4n) is 1.56. The summed E-state index contributed by atoms with van der Waals surface area (Å²) in [6.07, 6.45) is 1.93. The van der Waals surface area contributed by atoms with Crippen molar-refractivity contribution in [2.24, 2.45) is 0 Å². The van der Waals surface area contributed by atoms with Crippen molar-refractivity contribution in [3.8, 4) is 0 Å². The lowest BCUT2D eigenvalue weighted by molar-refractivity contribution is 1.16. The van der Waals surface area contributed by atoms with Crippen LogP contribution < -0.4 is 5.73 Å². The summed E-state index contributed by atoms with van der Waals surface area (Å²) in [5.74, 6) is 0. The molecule has 0 aliphatic rings. The van der Waals surface area contributed by atoms with Gasteiger partial charge in [-0.05, 0) is 18.2 Å². The van der Waals surface area contributed by atoms with Crippen molar-refractivity contribution < 1.29 is 0 Å². The number of anilines is 1. The van der Waals surface area contributed by atoms with Crippen molar-refractivity contribution in [2.45, 2.75) is 19.6 Å². The Hall–Kier alpha value is -1.29. The molecule has 0 atom stereocenters. The number of benzene rings is 1. The Labute approximate surface area is 84.6 Å². The van der Waals surface area contributed by atoms with Crippen molar-refractivity contribution in [3.63, 3.8) is 0 Å². The zero-order chi connectivity index (χ0) is 10.3. The van der Waals surface area contributed by atoms with Crippen molar-refractivity contribution in [1.82, 2.24) is 9.22 Å². The maximum absolute atomic E-state index is 5.70. The van der Waals surface area contributed by atoms with Gasteiger partial charge in [0.2, 0.25) is 0 Å². The van der Waals surface area contributed by atoms with Gasteiger partial charge < -0.3 is 9.97 Å². The van der Waals surface area contributed by atoms with Crippen molar-refractivity contribution in [2.75, 3.05) is 5.73 Å². The van der Waals surface area contributed by atoms with Crippen LogP contribution in [0.25, 0.3) is 11.0 Å². The van der Waals surface area contributed by atoms with Gasteiger partial charge in [-0.1, -0.05) is 19.6 Å². The van der Waals surface area contributed by atoms with E-state index in [2.05, 4.69) is 34.9 Å². The molecule has 0 bridgehead atoms. The van der Waals surface area contributed by atoms with E-state index in [0.29, 0.717) is 0 Å². The van der Waals surface area contributed by atoms with Crippen LogP contribution in [0, 0.1) is 0 Å². The van der Waals surface area contributed by atoms with E-state index in [1.165, 1.54) is 5.52 Å². The van der Waals surface area contributed by atoms with E-state index in [1.807, 2.05) is 18.5 Å². The average Bonchev–Trinajstić information content (AvgIpc) is 2.45. The molecule has 3 nitrogen and oxygen atoms in total. The Morgan fingerprint density at radius 2 is 2.00 bits per heavy atom. The van der Waals surface area contributed by atoms with Crippen molar-refractivity contribution in [3.05, 3.63) is 24.5 Å². The minimum atomic E-state index is -1.35. The van der Waals surface area contributed by atoms with E-state index >= 15 is 0 Å². The molecule has 2 N–H and O–H groups in total. The zero-order valence-electron chi connectivity index (χ0n) is 8.78. The Morgan fingerprint density at radius 1 is 1.29 bits per heavy atom. The summed E-state index contributed by atoms with van der Waals surface area (Å²) in [6.45, 7) is 6.89. The van der Waals surface area contributed by atoms with Crippen molar-refractivity contribution in [1.29, 1.82) is 0 Å². The fourth-order valence-corrected chi connectivity index (χ4v) is 2.88. The topological polar surface area (TPSA) is 43.8 Å². The van der Waals surface area contributed by atoms with Gasteiger partial charge >= 0.3 is 0 Å². The second-order valence-electron chi connectivity index (χ2n) is 4.53. The largest absolute Gasteiger partial charge is 0.399 e. The van der Waals surface area contributed by atoms with Gasteiger partial charge in [0, 0.05) is 5.69 Å². The Morgan fingerprint density at radius 3 is 2.64 bits per heavy atom. The van der Waals surface area contributed by atoms with Gasteiger partial charge in [0.25, 0.3) is 0 Å². The quantitative estimate of drug-likeness (QED) is 0.573. The highest BCUT2D eigenvalue weighted by atomic mass is 28.3. The second kappa shape index (κ2) is 2.85. The molecular weight excluding hydrogens is 190 g/mol. The van der Waals surface area contributed by atoms with Crippen LogP contribution in [0.1, 0.15) is 0 Å². The highest BCUT2D eigenvalue weighted by molar-refractivity contribution is 6.75. The molecule has 0 fully saturated rings. The van der Waals surface area contributed by atoms with E-state index in [1.54, 1.807) is 0 Å². The number of hydrogen-bond donors (Lipinski definition) is 1. The summed E-state index contributed by atoms with van der Waals surface area (Å²) in [7, 11) is -1.35. The number of nitrogens with two attached hydrogens (primary N) is 1. The second-order valence-corrected chi connectivity index (χ2v) is 9.36. The molecule has 4 heteroatoms. The number of rotatable bonds is 1. The van der Waals surface area contributed by atoms with Crippen LogP contribution in [-0.4, -0.2) is 17.5 Å². The van der Waals surface area contributed by atoms with Crippen LogP contribution in [-0.2, 0) is 0 Å². The van der Waals surface area contributed by atoms with Crippen molar-refractivity contribution >= 4 is 25.0 Å². The molecule has 74 valence electrons. The first-order valence-corrected chi connectivity index (χ1v) is 8.16. The standard InChI is InChI=1S/C10H15N3Si/c1-14(2,3)13-7-12-9-6-8(11)4-5-10(9)13/h4-7H,11H2,1-3H3. The van der Waals surface area contributed by atoms with Crippen LogP contribution in [0.5, 0.6) is 0 Å². The number of imidazole rings is 1. The van der Waals surface area contributed by atoms with E-state index in [9.17, 15) is 0 Å². The van der Waals surface area contributed by atoms with Crippen LogP contribution >= 0.6 is 0 Å². The monoisotopic (exact) mass is 205 g/mol. The summed E-state index contributed by atoms with van der Waals surface area (Å²) in [5, 5.41) is 0. The molecule has 1 aromatic carbocycles. The molecule has 1 heterocycles. The van der Waals surface area contributed by atoms with Gasteiger partial charge in [-0.25, -0.2) is 4.98 Å². The summed E-state index contributed by atoms with van der Waals surface area (Å²) in [5.41, 5.74) is 8.67. The number of aromatic nitrogens is 2. The van der Waals surface area contributed by atoms with Gasteiger partial charge in [-0.2, -0.15) is 0 Å². The third-order valence-corrected chi connectivity index (χ3v) is 4.10. The fraction of sp³-hybridized carbons (Fsp3) is 0.300. The predicted molar refractivity (Wildman–Crippen MR) is 62.9 cm³/mol. The molecule has 0 unspecified atom stereocenters. The van der Waals surface area contributed by atoms with Gasteiger partial charge in [0.1, 0.15) is 0 Å². The maximum atomic E-state index is 5.70. The normalized spacial score (nSPS) is 12.2. The molecular formula is C10H15N3Si. The predicted octanol–water partition coefficient (Wildman–Crippen LogP) is 2.30.